The van der Waals surface area contributed by atoms with Gasteiger partial charge in [0.1, 0.15) is 4.90 Å². The number of thiophene rings is 1. The van der Waals surface area contributed by atoms with E-state index in [1.807, 2.05) is 0 Å². The van der Waals surface area contributed by atoms with Crippen molar-refractivity contribution in [2.24, 2.45) is 5.73 Å². The number of halogens is 1. The van der Waals surface area contributed by atoms with Gasteiger partial charge in [-0.05, 0) is 39.9 Å². The fourth-order valence-electron chi connectivity index (χ4n) is 1.64. The number of hydrogen-bond acceptors (Lipinski definition) is 5. The third-order valence-electron chi connectivity index (χ3n) is 2.46. The van der Waals surface area contributed by atoms with E-state index < -0.39 is 10.0 Å². The third kappa shape index (κ3) is 2.97. The average molecular weight is 362 g/mol. The Morgan fingerprint density at radius 2 is 2.26 bits per heavy atom. The van der Waals surface area contributed by atoms with Crippen LogP contribution in [0.1, 0.15) is 10.4 Å². The van der Waals surface area contributed by atoms with Gasteiger partial charge in [-0.1, -0.05) is 0 Å². The molecule has 5 nitrogen and oxygen atoms in total. The van der Waals surface area contributed by atoms with Crippen molar-refractivity contribution in [2.45, 2.75) is 18.4 Å². The standard InChI is InChI=1S/C11H12BrN3O2S2/c1-7-6-18-10(4-13)11(7)19(16,17)15-9-2-3-14-5-8(9)12/h2-3,5-6H,4,13H2,1H3,(H,14,15). The van der Waals surface area contributed by atoms with Gasteiger partial charge < -0.3 is 5.73 Å². The number of pyridine rings is 1. The molecule has 3 N–H and O–H groups in total. The van der Waals surface area contributed by atoms with Gasteiger partial charge in [0.2, 0.25) is 0 Å². The maximum Gasteiger partial charge on any atom is 0.263 e. The van der Waals surface area contributed by atoms with E-state index in [0.717, 1.165) is 0 Å². The molecular formula is C11H12BrN3O2S2. The summed E-state index contributed by atoms with van der Waals surface area (Å²) in [5.74, 6) is 0. The Kier molecular flexibility index (Phi) is 4.24. The highest BCUT2D eigenvalue weighted by molar-refractivity contribution is 9.10. The Labute approximate surface area is 124 Å². The molecule has 0 aliphatic rings. The van der Waals surface area contributed by atoms with E-state index in [2.05, 4.69) is 25.6 Å². The first-order valence-corrected chi connectivity index (χ1v) is 8.50. The second-order valence-electron chi connectivity index (χ2n) is 3.84. The van der Waals surface area contributed by atoms with Crippen molar-refractivity contribution in [3.63, 3.8) is 0 Å². The Hall–Kier alpha value is -0.960. The van der Waals surface area contributed by atoms with E-state index in [1.165, 1.54) is 23.7 Å². The van der Waals surface area contributed by atoms with E-state index in [9.17, 15) is 8.42 Å². The number of rotatable bonds is 4. The molecule has 0 unspecified atom stereocenters. The average Bonchev–Trinajstić information content (AvgIpc) is 2.74. The Morgan fingerprint density at radius 3 is 2.89 bits per heavy atom. The predicted molar refractivity (Wildman–Crippen MR) is 79.7 cm³/mol. The number of aromatic nitrogens is 1. The first-order chi connectivity index (χ1) is 8.95. The van der Waals surface area contributed by atoms with Crippen LogP contribution in [0.15, 0.2) is 33.2 Å². The lowest BCUT2D eigenvalue weighted by atomic mass is 10.3. The minimum atomic E-state index is -3.64. The number of nitrogens with zero attached hydrogens (tertiary/aromatic N) is 1. The topological polar surface area (TPSA) is 85.1 Å². The third-order valence-corrected chi connectivity index (χ3v) is 5.94. The van der Waals surface area contributed by atoms with Crippen LogP contribution in [0.2, 0.25) is 0 Å². The van der Waals surface area contributed by atoms with Crippen LogP contribution in [0.5, 0.6) is 0 Å². The number of sulfonamides is 1. The largest absolute Gasteiger partial charge is 0.326 e. The molecule has 19 heavy (non-hydrogen) atoms. The number of nitrogens with two attached hydrogens (primary N) is 1. The van der Waals surface area contributed by atoms with Gasteiger partial charge in [-0.3, -0.25) is 9.71 Å². The Bertz CT molecular complexity index is 698. The van der Waals surface area contributed by atoms with Gasteiger partial charge in [-0.2, -0.15) is 0 Å². The summed E-state index contributed by atoms with van der Waals surface area (Å²) < 4.78 is 28.0. The van der Waals surface area contributed by atoms with Crippen LogP contribution in [0.25, 0.3) is 0 Å². The summed E-state index contributed by atoms with van der Waals surface area (Å²) >= 11 is 4.60. The molecule has 2 heterocycles. The van der Waals surface area contributed by atoms with E-state index in [1.54, 1.807) is 18.4 Å². The summed E-state index contributed by atoms with van der Waals surface area (Å²) in [6, 6.07) is 1.59. The first kappa shape index (κ1) is 14.4. The fraction of sp³-hybridized carbons (Fsp3) is 0.182. The number of nitrogens with one attached hydrogen (secondary N) is 1. The maximum atomic E-state index is 12.4. The summed E-state index contributed by atoms with van der Waals surface area (Å²) in [6.07, 6.45) is 3.05. The van der Waals surface area contributed by atoms with E-state index in [-0.39, 0.29) is 11.4 Å². The highest BCUT2D eigenvalue weighted by Crippen LogP contribution is 2.30. The van der Waals surface area contributed by atoms with Crippen LogP contribution < -0.4 is 10.5 Å². The molecule has 0 spiro atoms. The Morgan fingerprint density at radius 1 is 1.53 bits per heavy atom. The van der Waals surface area contributed by atoms with Crippen LogP contribution in [-0.2, 0) is 16.6 Å². The molecule has 2 rings (SSSR count). The normalized spacial score (nSPS) is 11.5. The predicted octanol–water partition coefficient (Wildman–Crippen LogP) is 2.47. The van der Waals surface area contributed by atoms with Crippen LogP contribution in [-0.4, -0.2) is 13.4 Å². The van der Waals surface area contributed by atoms with Crippen molar-refractivity contribution >= 4 is 43.0 Å². The molecule has 0 bridgehead atoms. The molecule has 8 heteroatoms. The molecule has 0 saturated heterocycles. The molecule has 0 aliphatic heterocycles. The molecule has 0 radical (unpaired) electrons. The minimum absolute atomic E-state index is 0.201. The molecular weight excluding hydrogens is 350 g/mol. The quantitative estimate of drug-likeness (QED) is 0.875. The van der Waals surface area contributed by atoms with Crippen LogP contribution in [0.3, 0.4) is 0 Å². The number of aryl methyl sites for hydroxylation is 1. The lowest BCUT2D eigenvalue weighted by molar-refractivity contribution is 0.600. The molecule has 0 atom stereocenters. The Balaban J connectivity index is 2.44. The summed E-state index contributed by atoms with van der Waals surface area (Å²) in [6.45, 7) is 1.96. The molecule has 2 aromatic heterocycles. The lowest BCUT2D eigenvalue weighted by Crippen LogP contribution is -2.16. The highest BCUT2D eigenvalue weighted by atomic mass is 79.9. The van der Waals surface area contributed by atoms with Gasteiger partial charge in [0, 0.05) is 23.8 Å². The maximum absolute atomic E-state index is 12.4. The summed E-state index contributed by atoms with van der Waals surface area (Å²) in [7, 11) is -3.64. The highest BCUT2D eigenvalue weighted by Gasteiger charge is 2.23. The van der Waals surface area contributed by atoms with Crippen molar-refractivity contribution in [1.29, 1.82) is 0 Å². The number of anilines is 1. The van der Waals surface area contributed by atoms with Crippen LogP contribution >= 0.6 is 27.3 Å². The zero-order valence-electron chi connectivity index (χ0n) is 10.1. The van der Waals surface area contributed by atoms with Gasteiger partial charge in [0.25, 0.3) is 10.0 Å². The van der Waals surface area contributed by atoms with Crippen molar-refractivity contribution in [3.05, 3.63) is 38.8 Å². The SMILES string of the molecule is Cc1csc(CN)c1S(=O)(=O)Nc1ccncc1Br. The zero-order valence-corrected chi connectivity index (χ0v) is 13.3. The molecule has 102 valence electrons. The van der Waals surface area contributed by atoms with Gasteiger partial charge in [-0.15, -0.1) is 11.3 Å². The molecule has 0 aliphatic carbocycles. The molecule has 0 amide bonds. The molecule has 0 fully saturated rings. The van der Waals surface area contributed by atoms with E-state index >= 15 is 0 Å². The number of hydrogen-bond donors (Lipinski definition) is 2. The van der Waals surface area contributed by atoms with Crippen molar-refractivity contribution in [2.75, 3.05) is 4.72 Å². The summed E-state index contributed by atoms with van der Waals surface area (Å²) in [5, 5.41) is 1.79. The van der Waals surface area contributed by atoms with Gasteiger partial charge in [0.15, 0.2) is 0 Å². The molecule has 2 aromatic rings. The fourth-order valence-corrected chi connectivity index (χ4v) is 4.91. The van der Waals surface area contributed by atoms with Crippen molar-refractivity contribution < 1.29 is 8.42 Å². The second kappa shape index (κ2) is 5.58. The van der Waals surface area contributed by atoms with Gasteiger partial charge in [0.05, 0.1) is 10.2 Å². The smallest absolute Gasteiger partial charge is 0.263 e. The molecule has 0 aromatic carbocycles. The van der Waals surface area contributed by atoms with Crippen LogP contribution in [0, 0.1) is 6.92 Å². The van der Waals surface area contributed by atoms with Crippen LogP contribution in [0.4, 0.5) is 5.69 Å². The van der Waals surface area contributed by atoms with Crippen molar-refractivity contribution in [3.8, 4) is 0 Å². The minimum Gasteiger partial charge on any atom is -0.326 e. The van der Waals surface area contributed by atoms with Crippen molar-refractivity contribution in [1.82, 2.24) is 4.98 Å². The van der Waals surface area contributed by atoms with E-state index in [0.29, 0.717) is 20.6 Å². The second-order valence-corrected chi connectivity index (χ2v) is 7.27. The van der Waals surface area contributed by atoms with Gasteiger partial charge in [-0.25, -0.2) is 8.42 Å². The zero-order chi connectivity index (χ0) is 14.0. The lowest BCUT2D eigenvalue weighted by Gasteiger charge is -2.10. The molecule has 0 saturated carbocycles. The van der Waals surface area contributed by atoms with E-state index in [4.69, 9.17) is 5.73 Å². The summed E-state index contributed by atoms with van der Waals surface area (Å²) in [4.78, 5) is 4.80. The van der Waals surface area contributed by atoms with Gasteiger partial charge >= 0.3 is 0 Å². The summed E-state index contributed by atoms with van der Waals surface area (Å²) in [5.41, 5.74) is 6.73. The first-order valence-electron chi connectivity index (χ1n) is 5.35. The monoisotopic (exact) mass is 361 g/mol.